The molecule has 0 aliphatic carbocycles. The van der Waals surface area contributed by atoms with Gasteiger partial charge in [0.15, 0.2) is 0 Å². The molecule has 1 atom stereocenters. The molecule has 0 radical (unpaired) electrons. The normalized spacial score (nSPS) is 12.4. The fourth-order valence-electron chi connectivity index (χ4n) is 2.43. The van der Waals surface area contributed by atoms with Gasteiger partial charge in [-0.05, 0) is 60.8 Å². The quantitative estimate of drug-likeness (QED) is 0.782. The first-order valence-electron chi connectivity index (χ1n) is 6.94. The molecule has 4 heteroatoms. The van der Waals surface area contributed by atoms with Crippen molar-refractivity contribution in [1.29, 1.82) is 0 Å². The van der Waals surface area contributed by atoms with Gasteiger partial charge in [0.25, 0.3) is 0 Å². The van der Waals surface area contributed by atoms with E-state index in [2.05, 4.69) is 19.2 Å². The fraction of sp³-hybridized carbons (Fsp3) is 0.294. The Balaban J connectivity index is 2.32. The summed E-state index contributed by atoms with van der Waals surface area (Å²) in [5.41, 5.74) is 3.23. The largest absolute Gasteiger partial charge is 0.310 e. The lowest BCUT2D eigenvalue weighted by Crippen LogP contribution is -2.24. The van der Waals surface area contributed by atoms with Gasteiger partial charge in [0.1, 0.15) is 5.82 Å². The van der Waals surface area contributed by atoms with E-state index in [4.69, 9.17) is 23.2 Å². The number of nitrogens with one attached hydrogen (secondary N) is 1. The molecule has 21 heavy (non-hydrogen) atoms. The average molecular weight is 326 g/mol. The van der Waals surface area contributed by atoms with Gasteiger partial charge < -0.3 is 5.32 Å². The van der Waals surface area contributed by atoms with Crippen molar-refractivity contribution in [2.45, 2.75) is 26.3 Å². The molecule has 1 N–H and O–H groups in total. The van der Waals surface area contributed by atoms with E-state index < -0.39 is 0 Å². The van der Waals surface area contributed by atoms with Crippen LogP contribution in [0, 0.1) is 12.7 Å². The first-order chi connectivity index (χ1) is 10.0. The van der Waals surface area contributed by atoms with Gasteiger partial charge in [0.05, 0.1) is 0 Å². The van der Waals surface area contributed by atoms with Crippen molar-refractivity contribution >= 4 is 23.2 Å². The maximum Gasteiger partial charge on any atom is 0.124 e. The van der Waals surface area contributed by atoms with Gasteiger partial charge in [-0.25, -0.2) is 4.39 Å². The molecule has 2 rings (SSSR count). The molecule has 0 fully saturated rings. The number of rotatable bonds is 5. The molecule has 1 unspecified atom stereocenters. The number of aryl methyl sites for hydroxylation is 1. The SMILES string of the molecule is CCNC(Cc1ccc(F)cc1Cl)c1cc(Cl)ccc1C. The second-order valence-electron chi connectivity index (χ2n) is 5.05. The lowest BCUT2D eigenvalue weighted by molar-refractivity contribution is 0.546. The maximum atomic E-state index is 13.2. The molecule has 2 aromatic rings. The minimum absolute atomic E-state index is 0.0941. The zero-order valence-electron chi connectivity index (χ0n) is 12.1. The van der Waals surface area contributed by atoms with E-state index in [1.165, 1.54) is 17.7 Å². The Labute approximate surface area is 135 Å². The maximum absolute atomic E-state index is 13.2. The number of benzene rings is 2. The molecule has 0 aromatic heterocycles. The van der Waals surface area contributed by atoms with E-state index in [1.54, 1.807) is 6.07 Å². The highest BCUT2D eigenvalue weighted by Crippen LogP contribution is 2.28. The second-order valence-corrected chi connectivity index (χ2v) is 5.89. The van der Waals surface area contributed by atoms with Crippen molar-refractivity contribution in [3.05, 3.63) is 69.0 Å². The molecular formula is C17H18Cl2FN. The Hall–Kier alpha value is -1.09. The van der Waals surface area contributed by atoms with Gasteiger partial charge in [-0.2, -0.15) is 0 Å². The molecule has 1 nitrogen and oxygen atoms in total. The highest BCUT2D eigenvalue weighted by molar-refractivity contribution is 6.31. The molecule has 0 amide bonds. The van der Waals surface area contributed by atoms with Gasteiger partial charge in [0, 0.05) is 16.1 Å². The third-order valence-electron chi connectivity index (χ3n) is 3.51. The lowest BCUT2D eigenvalue weighted by Gasteiger charge is -2.21. The predicted octanol–water partition coefficient (Wildman–Crippen LogP) is 5.33. The summed E-state index contributed by atoms with van der Waals surface area (Å²) in [4.78, 5) is 0. The van der Waals surface area contributed by atoms with Gasteiger partial charge in [0.2, 0.25) is 0 Å². The number of likely N-dealkylation sites (N-methyl/N-ethyl adjacent to an activating group) is 1. The van der Waals surface area contributed by atoms with Crippen LogP contribution in [0.4, 0.5) is 4.39 Å². The van der Waals surface area contributed by atoms with Crippen molar-refractivity contribution in [3.63, 3.8) is 0 Å². The number of halogens is 3. The smallest absolute Gasteiger partial charge is 0.124 e. The summed E-state index contributed by atoms with van der Waals surface area (Å²) in [5, 5.41) is 4.61. The second kappa shape index (κ2) is 7.26. The topological polar surface area (TPSA) is 12.0 Å². The third kappa shape index (κ3) is 4.19. The molecular weight excluding hydrogens is 308 g/mol. The van der Waals surface area contributed by atoms with E-state index in [0.29, 0.717) is 16.5 Å². The van der Waals surface area contributed by atoms with Crippen molar-refractivity contribution < 1.29 is 4.39 Å². The molecule has 0 spiro atoms. The summed E-state index contributed by atoms with van der Waals surface area (Å²) in [6.45, 7) is 4.94. The highest BCUT2D eigenvalue weighted by Gasteiger charge is 2.16. The average Bonchev–Trinajstić information content (AvgIpc) is 2.44. The van der Waals surface area contributed by atoms with Crippen LogP contribution in [0.25, 0.3) is 0 Å². The van der Waals surface area contributed by atoms with Gasteiger partial charge in [-0.3, -0.25) is 0 Å². The molecule has 112 valence electrons. The van der Waals surface area contributed by atoms with Crippen LogP contribution in [0.1, 0.15) is 29.7 Å². The van der Waals surface area contributed by atoms with E-state index >= 15 is 0 Å². The van der Waals surface area contributed by atoms with Crippen LogP contribution in [0.15, 0.2) is 36.4 Å². The predicted molar refractivity (Wildman–Crippen MR) is 87.7 cm³/mol. The molecule has 2 aromatic carbocycles. The zero-order valence-corrected chi connectivity index (χ0v) is 13.6. The zero-order chi connectivity index (χ0) is 15.4. The van der Waals surface area contributed by atoms with Crippen LogP contribution in [0.5, 0.6) is 0 Å². The summed E-state index contributed by atoms with van der Waals surface area (Å²) in [6, 6.07) is 10.5. The molecule has 0 aliphatic rings. The Morgan fingerprint density at radius 1 is 1.14 bits per heavy atom. The Morgan fingerprint density at radius 3 is 2.57 bits per heavy atom. The third-order valence-corrected chi connectivity index (χ3v) is 4.09. The van der Waals surface area contributed by atoms with Crippen LogP contribution in [-0.2, 0) is 6.42 Å². The Kier molecular flexibility index (Phi) is 5.63. The summed E-state index contributed by atoms with van der Waals surface area (Å²) in [7, 11) is 0. The molecule has 0 bridgehead atoms. The van der Waals surface area contributed by atoms with E-state index in [9.17, 15) is 4.39 Å². The minimum atomic E-state index is -0.317. The van der Waals surface area contributed by atoms with Crippen molar-refractivity contribution in [1.82, 2.24) is 5.32 Å². The Morgan fingerprint density at radius 2 is 1.90 bits per heavy atom. The van der Waals surface area contributed by atoms with Crippen LogP contribution >= 0.6 is 23.2 Å². The van der Waals surface area contributed by atoms with Gasteiger partial charge in [-0.15, -0.1) is 0 Å². The van der Waals surface area contributed by atoms with E-state index in [-0.39, 0.29) is 11.9 Å². The first kappa shape index (κ1) is 16.3. The highest BCUT2D eigenvalue weighted by atomic mass is 35.5. The van der Waals surface area contributed by atoms with Crippen LogP contribution in [0.3, 0.4) is 0 Å². The molecule has 0 saturated heterocycles. The standard InChI is InChI=1S/C17H18Cl2FN/c1-3-21-17(15-9-13(18)6-4-11(15)2)8-12-5-7-14(20)10-16(12)19/h4-7,9-10,17,21H,3,8H2,1-2H3. The molecule has 0 heterocycles. The van der Waals surface area contributed by atoms with Crippen molar-refractivity contribution in [2.24, 2.45) is 0 Å². The van der Waals surface area contributed by atoms with Crippen molar-refractivity contribution in [3.8, 4) is 0 Å². The van der Waals surface area contributed by atoms with Crippen LogP contribution < -0.4 is 5.32 Å². The summed E-state index contributed by atoms with van der Waals surface area (Å²) in [6.07, 6.45) is 0.689. The van der Waals surface area contributed by atoms with E-state index in [0.717, 1.165) is 17.7 Å². The van der Waals surface area contributed by atoms with Crippen LogP contribution in [0.2, 0.25) is 10.0 Å². The molecule has 0 saturated carbocycles. The number of hydrogen-bond acceptors (Lipinski definition) is 1. The summed E-state index contributed by atoms with van der Waals surface area (Å²) in [5.74, 6) is -0.317. The van der Waals surface area contributed by atoms with E-state index in [1.807, 2.05) is 18.2 Å². The van der Waals surface area contributed by atoms with Gasteiger partial charge >= 0.3 is 0 Å². The monoisotopic (exact) mass is 325 g/mol. The molecule has 0 aliphatic heterocycles. The number of hydrogen-bond donors (Lipinski definition) is 1. The summed E-state index contributed by atoms with van der Waals surface area (Å²) >= 11 is 12.3. The Bertz CT molecular complexity index is 628. The fourth-order valence-corrected chi connectivity index (χ4v) is 2.86. The van der Waals surface area contributed by atoms with Crippen molar-refractivity contribution in [2.75, 3.05) is 6.54 Å². The minimum Gasteiger partial charge on any atom is -0.310 e. The summed E-state index contributed by atoms with van der Waals surface area (Å²) < 4.78 is 13.2. The van der Waals surface area contributed by atoms with Crippen LogP contribution in [-0.4, -0.2) is 6.54 Å². The first-order valence-corrected chi connectivity index (χ1v) is 7.70. The van der Waals surface area contributed by atoms with Gasteiger partial charge in [-0.1, -0.05) is 42.3 Å². The lowest BCUT2D eigenvalue weighted by atomic mass is 9.95.